The first-order valence-electron chi connectivity index (χ1n) is 10.0. The van der Waals surface area contributed by atoms with E-state index in [9.17, 15) is 13.2 Å². The second-order valence-electron chi connectivity index (χ2n) is 7.39. The number of carbonyl (C=O) groups is 1. The molecule has 7 heteroatoms. The summed E-state index contributed by atoms with van der Waals surface area (Å²) in [5, 5.41) is 0. The molecule has 1 heterocycles. The van der Waals surface area contributed by atoms with Gasteiger partial charge in [0, 0.05) is 32.7 Å². The van der Waals surface area contributed by atoms with Crippen molar-refractivity contribution >= 4 is 15.9 Å². The quantitative estimate of drug-likeness (QED) is 0.697. The van der Waals surface area contributed by atoms with E-state index in [1.807, 2.05) is 31.2 Å². The van der Waals surface area contributed by atoms with Gasteiger partial charge >= 0.3 is 0 Å². The van der Waals surface area contributed by atoms with Crippen LogP contribution in [0.5, 0.6) is 0 Å². The lowest BCUT2D eigenvalue weighted by atomic mass is 10.1. The summed E-state index contributed by atoms with van der Waals surface area (Å²) < 4.78 is 27.8. The van der Waals surface area contributed by atoms with E-state index in [0.29, 0.717) is 13.1 Å². The van der Waals surface area contributed by atoms with Gasteiger partial charge in [0.15, 0.2) is 0 Å². The molecule has 1 amide bonds. The molecule has 29 heavy (non-hydrogen) atoms. The molecule has 0 aromatic heterocycles. The number of aryl methyl sites for hydroxylation is 1. The van der Waals surface area contributed by atoms with Crippen LogP contribution < -0.4 is 0 Å². The molecular weight excluding hydrogens is 386 g/mol. The van der Waals surface area contributed by atoms with Crippen LogP contribution in [-0.2, 0) is 21.4 Å². The second-order valence-corrected chi connectivity index (χ2v) is 9.32. The number of hydrogen-bond acceptors (Lipinski definition) is 4. The van der Waals surface area contributed by atoms with Crippen LogP contribution in [0.15, 0.2) is 59.5 Å². The highest BCUT2D eigenvalue weighted by Gasteiger charge is 2.29. The predicted molar refractivity (Wildman–Crippen MR) is 114 cm³/mol. The number of hydrogen-bond donors (Lipinski definition) is 0. The van der Waals surface area contributed by atoms with Crippen molar-refractivity contribution in [1.29, 1.82) is 0 Å². The van der Waals surface area contributed by atoms with Crippen LogP contribution in [0.3, 0.4) is 0 Å². The molecule has 0 bridgehead atoms. The van der Waals surface area contributed by atoms with E-state index >= 15 is 0 Å². The highest BCUT2D eigenvalue weighted by Crippen LogP contribution is 2.19. The number of rotatable bonds is 7. The molecule has 0 radical (unpaired) electrons. The Morgan fingerprint density at radius 3 is 2.17 bits per heavy atom. The van der Waals surface area contributed by atoms with Crippen LogP contribution in [0.1, 0.15) is 18.1 Å². The number of sulfonamides is 1. The smallest absolute Gasteiger partial charge is 0.243 e. The summed E-state index contributed by atoms with van der Waals surface area (Å²) in [7, 11) is -3.78. The SMILES string of the molecule is CCN1CCN(C(=O)CN(Cc2ccc(C)cc2)S(=O)(=O)c2ccccc2)CC1. The van der Waals surface area contributed by atoms with Gasteiger partial charge in [-0.15, -0.1) is 0 Å². The standard InChI is InChI=1S/C22H29N3O3S/c1-3-23-13-15-24(16-14-23)22(26)18-25(17-20-11-9-19(2)10-12-20)29(27,28)21-7-5-4-6-8-21/h4-12H,3,13-18H2,1-2H3. The van der Waals surface area contributed by atoms with Crippen LogP contribution >= 0.6 is 0 Å². The van der Waals surface area contributed by atoms with Gasteiger partial charge in [-0.1, -0.05) is 55.0 Å². The van der Waals surface area contributed by atoms with Crippen molar-refractivity contribution in [3.05, 3.63) is 65.7 Å². The second kappa shape index (κ2) is 9.52. The van der Waals surface area contributed by atoms with E-state index in [1.165, 1.54) is 4.31 Å². The number of amides is 1. The molecule has 0 N–H and O–H groups in total. The number of benzene rings is 2. The molecule has 0 unspecified atom stereocenters. The molecule has 1 fully saturated rings. The molecule has 2 aromatic carbocycles. The molecule has 6 nitrogen and oxygen atoms in total. The fourth-order valence-corrected chi connectivity index (χ4v) is 4.83. The maximum Gasteiger partial charge on any atom is 0.243 e. The zero-order valence-corrected chi connectivity index (χ0v) is 17.9. The third-order valence-electron chi connectivity index (χ3n) is 5.34. The van der Waals surface area contributed by atoms with E-state index in [-0.39, 0.29) is 23.9 Å². The minimum Gasteiger partial charge on any atom is -0.339 e. The van der Waals surface area contributed by atoms with Crippen molar-refractivity contribution < 1.29 is 13.2 Å². The maximum atomic E-state index is 13.3. The first-order chi connectivity index (χ1) is 13.9. The van der Waals surface area contributed by atoms with Crippen molar-refractivity contribution in [3.8, 4) is 0 Å². The summed E-state index contributed by atoms with van der Waals surface area (Å²) in [4.78, 5) is 17.2. The van der Waals surface area contributed by atoms with E-state index < -0.39 is 10.0 Å². The maximum absolute atomic E-state index is 13.3. The van der Waals surface area contributed by atoms with E-state index in [2.05, 4.69) is 11.8 Å². The highest BCUT2D eigenvalue weighted by atomic mass is 32.2. The van der Waals surface area contributed by atoms with Gasteiger partial charge in [0.05, 0.1) is 11.4 Å². The van der Waals surface area contributed by atoms with E-state index in [1.54, 1.807) is 35.2 Å². The molecule has 0 aliphatic carbocycles. The van der Waals surface area contributed by atoms with Crippen LogP contribution in [-0.4, -0.2) is 67.7 Å². The van der Waals surface area contributed by atoms with Gasteiger partial charge in [0.2, 0.25) is 15.9 Å². The predicted octanol–water partition coefficient (Wildman–Crippen LogP) is 2.35. The average Bonchev–Trinajstić information content (AvgIpc) is 2.75. The number of carbonyl (C=O) groups excluding carboxylic acids is 1. The summed E-state index contributed by atoms with van der Waals surface area (Å²) in [6.45, 7) is 7.98. The van der Waals surface area contributed by atoms with Crippen LogP contribution in [0.4, 0.5) is 0 Å². The van der Waals surface area contributed by atoms with E-state index in [0.717, 1.165) is 30.8 Å². The first kappa shape index (κ1) is 21.5. The fraction of sp³-hybridized carbons (Fsp3) is 0.409. The number of likely N-dealkylation sites (N-methyl/N-ethyl adjacent to an activating group) is 1. The topological polar surface area (TPSA) is 60.9 Å². The number of nitrogens with zero attached hydrogens (tertiary/aromatic N) is 3. The van der Waals surface area contributed by atoms with Gasteiger partial charge < -0.3 is 9.80 Å². The summed E-state index contributed by atoms with van der Waals surface area (Å²) in [6, 6.07) is 16.0. The molecule has 3 rings (SSSR count). The summed E-state index contributed by atoms with van der Waals surface area (Å²) >= 11 is 0. The van der Waals surface area contributed by atoms with Gasteiger partial charge in [-0.2, -0.15) is 4.31 Å². The van der Waals surface area contributed by atoms with Gasteiger partial charge in [0.25, 0.3) is 0 Å². The summed E-state index contributed by atoms with van der Waals surface area (Å²) in [5.41, 5.74) is 1.97. The third-order valence-corrected chi connectivity index (χ3v) is 7.15. The zero-order chi connectivity index (χ0) is 20.9. The summed E-state index contributed by atoms with van der Waals surface area (Å²) in [5.74, 6) is -0.146. The van der Waals surface area contributed by atoms with Crippen molar-refractivity contribution in [2.24, 2.45) is 0 Å². The Morgan fingerprint density at radius 1 is 0.966 bits per heavy atom. The van der Waals surface area contributed by atoms with Crippen molar-refractivity contribution in [2.75, 3.05) is 39.3 Å². The largest absolute Gasteiger partial charge is 0.339 e. The lowest BCUT2D eigenvalue weighted by Crippen LogP contribution is -2.51. The molecule has 0 atom stereocenters. The zero-order valence-electron chi connectivity index (χ0n) is 17.1. The monoisotopic (exact) mass is 415 g/mol. The third kappa shape index (κ3) is 5.44. The van der Waals surface area contributed by atoms with Gasteiger partial charge in [-0.25, -0.2) is 8.42 Å². The Kier molecular flexibility index (Phi) is 7.05. The van der Waals surface area contributed by atoms with Crippen molar-refractivity contribution in [1.82, 2.24) is 14.1 Å². The molecule has 2 aromatic rings. The lowest BCUT2D eigenvalue weighted by molar-refractivity contribution is -0.133. The highest BCUT2D eigenvalue weighted by molar-refractivity contribution is 7.89. The molecule has 1 aliphatic rings. The molecule has 1 aliphatic heterocycles. The number of piperazine rings is 1. The van der Waals surface area contributed by atoms with Crippen molar-refractivity contribution in [2.45, 2.75) is 25.3 Å². The fourth-order valence-electron chi connectivity index (χ4n) is 3.43. The van der Waals surface area contributed by atoms with Gasteiger partial charge in [-0.3, -0.25) is 4.79 Å². The molecule has 1 saturated heterocycles. The lowest BCUT2D eigenvalue weighted by Gasteiger charge is -2.35. The Balaban J connectivity index is 1.81. The molecule has 0 spiro atoms. The Hall–Kier alpha value is -2.22. The van der Waals surface area contributed by atoms with E-state index in [4.69, 9.17) is 0 Å². The Morgan fingerprint density at radius 2 is 1.59 bits per heavy atom. The first-order valence-corrected chi connectivity index (χ1v) is 11.4. The minimum absolute atomic E-state index is 0.146. The average molecular weight is 416 g/mol. The molecule has 156 valence electrons. The Bertz CT molecular complexity index is 906. The summed E-state index contributed by atoms with van der Waals surface area (Å²) in [6.07, 6.45) is 0. The molecule has 0 saturated carbocycles. The van der Waals surface area contributed by atoms with Gasteiger partial charge in [0.1, 0.15) is 0 Å². The van der Waals surface area contributed by atoms with Crippen LogP contribution in [0.2, 0.25) is 0 Å². The van der Waals surface area contributed by atoms with Crippen LogP contribution in [0.25, 0.3) is 0 Å². The van der Waals surface area contributed by atoms with Crippen molar-refractivity contribution in [3.63, 3.8) is 0 Å². The normalized spacial score (nSPS) is 15.6. The van der Waals surface area contributed by atoms with Gasteiger partial charge in [-0.05, 0) is 31.2 Å². The molecular formula is C22H29N3O3S. The Labute approximate surface area is 173 Å². The minimum atomic E-state index is -3.78. The van der Waals surface area contributed by atoms with Crippen LogP contribution in [0, 0.1) is 6.92 Å².